The Morgan fingerprint density at radius 2 is 2.46 bits per heavy atom. The number of fused-ring (bicyclic) bond motifs is 1. The van der Waals surface area contributed by atoms with Crippen LogP contribution in [0.2, 0.25) is 0 Å². The van der Waals surface area contributed by atoms with Gasteiger partial charge in [0.2, 0.25) is 5.91 Å². The van der Waals surface area contributed by atoms with Gasteiger partial charge in [-0.15, -0.1) is 0 Å². The van der Waals surface area contributed by atoms with E-state index >= 15 is 0 Å². The summed E-state index contributed by atoms with van der Waals surface area (Å²) in [6.07, 6.45) is 5.90. The number of pyridine rings is 1. The fourth-order valence-corrected chi connectivity index (χ4v) is 3.96. The SMILES string of the molecule is C=CC(=O)N1CC(/C=[N+]2\N=C(I)c3c2ccnc3N)C[C@@H]1COC. The number of carbonyl (C=O) groups is 1. The average molecular weight is 440 g/mol. The quantitative estimate of drug-likeness (QED) is 0.438. The number of amides is 1. The lowest BCUT2D eigenvalue weighted by molar-refractivity contribution is -0.438. The molecule has 2 aliphatic rings. The van der Waals surface area contributed by atoms with Crippen LogP contribution in [0.15, 0.2) is 30.0 Å². The van der Waals surface area contributed by atoms with Gasteiger partial charge in [0.05, 0.1) is 18.6 Å². The molecule has 2 N–H and O–H groups in total. The van der Waals surface area contributed by atoms with E-state index < -0.39 is 0 Å². The molecule has 3 rings (SSSR count). The lowest BCUT2D eigenvalue weighted by Gasteiger charge is -2.22. The van der Waals surface area contributed by atoms with E-state index in [4.69, 9.17) is 10.5 Å². The van der Waals surface area contributed by atoms with Crippen LogP contribution in [0.25, 0.3) is 0 Å². The number of anilines is 1. The van der Waals surface area contributed by atoms with Crippen molar-refractivity contribution in [2.75, 3.05) is 26.0 Å². The van der Waals surface area contributed by atoms with Crippen LogP contribution in [0.1, 0.15) is 12.0 Å². The smallest absolute Gasteiger partial charge is 0.253 e. The molecule has 0 bridgehead atoms. The standard InChI is InChI=1S/C16H19IN5O2/c1-3-13(23)21-7-10(6-11(21)9-24-2)8-22-12-4-5-19-16(18)14(12)15(17)20-22/h3-5,8,10-11H,1,6-7,9H2,2H3,(H2,18,19)/q+1/b22-8-/t10?,11-/m1/s1. The Morgan fingerprint density at radius 3 is 3.17 bits per heavy atom. The summed E-state index contributed by atoms with van der Waals surface area (Å²) in [7, 11) is 1.65. The van der Waals surface area contributed by atoms with E-state index in [2.05, 4.69) is 39.3 Å². The molecule has 1 aromatic heterocycles. The van der Waals surface area contributed by atoms with Crippen molar-refractivity contribution in [1.82, 2.24) is 9.88 Å². The molecule has 0 aliphatic carbocycles. The van der Waals surface area contributed by atoms with Crippen molar-refractivity contribution in [3.05, 3.63) is 30.5 Å². The number of likely N-dealkylation sites (tertiary alicyclic amines) is 1. The topological polar surface area (TPSA) is 83.8 Å². The number of nitrogens with two attached hydrogens (primary N) is 1. The van der Waals surface area contributed by atoms with Crippen molar-refractivity contribution in [1.29, 1.82) is 0 Å². The van der Waals surface area contributed by atoms with E-state index in [0.717, 1.165) is 21.4 Å². The van der Waals surface area contributed by atoms with E-state index in [0.29, 0.717) is 19.0 Å². The number of nitrogen functional groups attached to an aromatic ring is 1. The first-order valence-corrected chi connectivity index (χ1v) is 8.68. The summed E-state index contributed by atoms with van der Waals surface area (Å²) in [5.74, 6) is 0.590. The first-order valence-electron chi connectivity index (χ1n) is 7.60. The maximum Gasteiger partial charge on any atom is 0.253 e. The molecule has 1 amide bonds. The van der Waals surface area contributed by atoms with Gasteiger partial charge in [0.15, 0.2) is 9.93 Å². The maximum absolute atomic E-state index is 12.0. The van der Waals surface area contributed by atoms with Crippen LogP contribution in [0.5, 0.6) is 0 Å². The van der Waals surface area contributed by atoms with Crippen LogP contribution in [0, 0.1) is 5.92 Å². The molecule has 24 heavy (non-hydrogen) atoms. The first-order chi connectivity index (χ1) is 11.5. The monoisotopic (exact) mass is 440 g/mol. The molecule has 8 heteroatoms. The zero-order valence-corrected chi connectivity index (χ0v) is 15.5. The minimum Gasteiger partial charge on any atom is -0.383 e. The fraction of sp³-hybridized carbons (Fsp3) is 0.375. The van der Waals surface area contributed by atoms with E-state index in [1.165, 1.54) is 6.08 Å². The highest BCUT2D eigenvalue weighted by atomic mass is 127. The molecular weight excluding hydrogens is 421 g/mol. The van der Waals surface area contributed by atoms with Gasteiger partial charge in [-0.05, 0) is 35.1 Å². The molecule has 0 aromatic carbocycles. The van der Waals surface area contributed by atoms with Crippen molar-refractivity contribution in [3.63, 3.8) is 0 Å². The summed E-state index contributed by atoms with van der Waals surface area (Å²) in [5, 5.41) is 4.55. The van der Waals surface area contributed by atoms with E-state index in [-0.39, 0.29) is 17.9 Å². The lowest BCUT2D eigenvalue weighted by Crippen LogP contribution is -2.37. The second kappa shape index (κ2) is 6.98. The van der Waals surface area contributed by atoms with Gasteiger partial charge in [0, 0.05) is 31.0 Å². The van der Waals surface area contributed by atoms with E-state index in [9.17, 15) is 4.79 Å². The average Bonchev–Trinajstić information content (AvgIpc) is 3.10. The van der Waals surface area contributed by atoms with Crippen LogP contribution in [0.4, 0.5) is 11.5 Å². The summed E-state index contributed by atoms with van der Waals surface area (Å²) >= 11 is 2.16. The van der Waals surface area contributed by atoms with Gasteiger partial charge in [-0.25, -0.2) is 4.98 Å². The molecule has 2 atom stereocenters. The summed E-state index contributed by atoms with van der Waals surface area (Å²) < 4.78 is 7.90. The van der Waals surface area contributed by atoms with Crippen LogP contribution in [-0.2, 0) is 9.53 Å². The molecule has 1 fully saturated rings. The summed E-state index contributed by atoms with van der Waals surface area (Å²) in [5.41, 5.74) is 7.74. The normalized spacial score (nSPS) is 24.2. The highest BCUT2D eigenvalue weighted by Crippen LogP contribution is 2.32. The first kappa shape index (κ1) is 17.0. The number of rotatable bonds is 4. The van der Waals surface area contributed by atoms with E-state index in [1.54, 1.807) is 13.3 Å². The third-order valence-corrected chi connectivity index (χ3v) is 4.98. The van der Waals surface area contributed by atoms with Crippen LogP contribution < -0.4 is 5.73 Å². The zero-order valence-electron chi connectivity index (χ0n) is 13.4. The number of carbonyl (C=O) groups excluding carboxylic acids is 1. The van der Waals surface area contributed by atoms with Crippen molar-refractivity contribution in [2.24, 2.45) is 11.0 Å². The Labute approximate surface area is 154 Å². The van der Waals surface area contributed by atoms with Crippen molar-refractivity contribution in [2.45, 2.75) is 12.5 Å². The number of hydrogen-bond donors (Lipinski definition) is 1. The summed E-state index contributed by atoms with van der Waals surface area (Å²) in [6.45, 7) is 4.72. The third-order valence-electron chi connectivity index (χ3n) is 4.22. The van der Waals surface area contributed by atoms with Crippen molar-refractivity contribution in [3.8, 4) is 0 Å². The van der Waals surface area contributed by atoms with Gasteiger partial charge in [-0.3, -0.25) is 4.79 Å². The van der Waals surface area contributed by atoms with Gasteiger partial charge in [-0.2, -0.15) is 0 Å². The zero-order chi connectivity index (χ0) is 17.3. The van der Waals surface area contributed by atoms with E-state index in [1.807, 2.05) is 21.9 Å². The molecule has 7 nitrogen and oxygen atoms in total. The molecule has 0 spiro atoms. The number of methoxy groups -OCH3 is 1. The number of aromatic nitrogens is 1. The Bertz CT molecular complexity index is 746. The molecule has 0 saturated carbocycles. The number of hydrogen-bond acceptors (Lipinski definition) is 5. The minimum absolute atomic E-state index is 0.0504. The number of hydrazone groups is 1. The van der Waals surface area contributed by atoms with Crippen LogP contribution >= 0.6 is 22.6 Å². The second-order valence-corrected chi connectivity index (χ2v) is 6.80. The third kappa shape index (κ3) is 3.07. The Balaban J connectivity index is 1.87. The Hall–Kier alpha value is -1.81. The van der Waals surface area contributed by atoms with Gasteiger partial charge in [0.1, 0.15) is 11.4 Å². The van der Waals surface area contributed by atoms with Gasteiger partial charge in [0.25, 0.3) is 5.69 Å². The number of halogens is 1. The van der Waals surface area contributed by atoms with Gasteiger partial charge < -0.3 is 15.4 Å². The molecule has 0 radical (unpaired) electrons. The molecule has 1 unspecified atom stereocenters. The summed E-state index contributed by atoms with van der Waals surface area (Å²) in [4.78, 5) is 18.0. The predicted octanol–water partition coefficient (Wildman–Crippen LogP) is 1.54. The largest absolute Gasteiger partial charge is 0.383 e. The van der Waals surface area contributed by atoms with Crippen molar-refractivity contribution < 1.29 is 14.2 Å². The Kier molecular flexibility index (Phi) is 4.95. The Morgan fingerprint density at radius 1 is 1.67 bits per heavy atom. The highest BCUT2D eigenvalue weighted by molar-refractivity contribution is 14.1. The molecular formula is C16H19IN5O2+. The molecule has 1 saturated heterocycles. The predicted molar refractivity (Wildman–Crippen MR) is 101 cm³/mol. The molecule has 2 aliphatic heterocycles. The molecule has 126 valence electrons. The fourth-order valence-electron chi connectivity index (χ4n) is 3.18. The van der Waals surface area contributed by atoms with Gasteiger partial charge >= 0.3 is 0 Å². The molecule has 3 heterocycles. The summed E-state index contributed by atoms with van der Waals surface area (Å²) in [6, 6.07) is 1.94. The van der Waals surface area contributed by atoms with Gasteiger partial charge in [-0.1, -0.05) is 11.3 Å². The number of nitrogens with zero attached hydrogens (tertiary/aromatic N) is 4. The maximum atomic E-state index is 12.0. The highest BCUT2D eigenvalue weighted by Gasteiger charge is 2.37. The minimum atomic E-state index is -0.0682. The lowest BCUT2D eigenvalue weighted by atomic mass is 10.1. The number of ether oxygens (including phenoxy) is 1. The van der Waals surface area contributed by atoms with Crippen molar-refractivity contribution >= 4 is 49.9 Å². The van der Waals surface area contributed by atoms with Crippen LogP contribution in [-0.4, -0.2) is 56.7 Å². The molecule has 1 aromatic rings. The second-order valence-electron chi connectivity index (χ2n) is 5.77. The van der Waals surface area contributed by atoms with Crippen LogP contribution in [0.3, 0.4) is 0 Å².